The molecule has 0 aliphatic carbocycles. The molecule has 0 atom stereocenters. The average Bonchev–Trinajstić information content (AvgIpc) is 2.24. The summed E-state index contributed by atoms with van der Waals surface area (Å²) in [6.45, 7) is 14.7. The van der Waals surface area contributed by atoms with Gasteiger partial charge in [-0.15, -0.1) is 0 Å². The average molecular weight is 227 g/mol. The molecule has 0 aromatic heterocycles. The van der Waals surface area contributed by atoms with Crippen LogP contribution in [0.2, 0.25) is 0 Å². The molecular weight excluding hydrogens is 198 g/mol. The molecule has 0 aromatic rings. The minimum absolute atomic E-state index is 0.215. The maximum absolute atomic E-state index is 12.5. The van der Waals surface area contributed by atoms with Crippen molar-refractivity contribution in [3.63, 3.8) is 0 Å². The van der Waals surface area contributed by atoms with Gasteiger partial charge in [0.2, 0.25) is 0 Å². The fourth-order valence-corrected chi connectivity index (χ4v) is 2.66. The van der Waals surface area contributed by atoms with Crippen molar-refractivity contribution in [1.82, 2.24) is 4.90 Å². The molecule has 0 aliphatic heterocycles. The highest BCUT2D eigenvalue weighted by Crippen LogP contribution is 2.27. The first-order chi connectivity index (χ1) is 7.48. The Hall–Kier alpha value is -0.370. The Morgan fingerprint density at radius 1 is 1.06 bits per heavy atom. The fourth-order valence-electron chi connectivity index (χ4n) is 2.66. The van der Waals surface area contributed by atoms with Crippen LogP contribution in [0.1, 0.15) is 60.8 Å². The van der Waals surface area contributed by atoms with Gasteiger partial charge in [-0.05, 0) is 31.8 Å². The molecule has 0 radical (unpaired) electrons. The highest BCUT2D eigenvalue weighted by molar-refractivity contribution is 5.88. The molecule has 0 aromatic carbocycles. The molecule has 96 valence electrons. The highest BCUT2D eigenvalue weighted by Gasteiger charge is 2.38. The minimum atomic E-state index is -0.215. The molecule has 0 N–H and O–H groups in total. The molecule has 0 unspecified atom stereocenters. The van der Waals surface area contributed by atoms with E-state index in [1.807, 2.05) is 0 Å². The third-order valence-corrected chi connectivity index (χ3v) is 3.65. The molecular formula is C14H29NO. The Labute approximate surface area is 101 Å². The van der Waals surface area contributed by atoms with E-state index >= 15 is 0 Å². The molecule has 2 heteroatoms. The van der Waals surface area contributed by atoms with Gasteiger partial charge in [0.1, 0.15) is 0 Å². The van der Waals surface area contributed by atoms with Gasteiger partial charge < -0.3 is 0 Å². The smallest absolute Gasteiger partial charge is 0.153 e. The molecule has 0 aliphatic rings. The number of nitrogens with zero attached hydrogens (tertiary/aromatic N) is 1. The van der Waals surface area contributed by atoms with Gasteiger partial charge in [0.25, 0.3) is 0 Å². The van der Waals surface area contributed by atoms with Crippen molar-refractivity contribution < 1.29 is 4.79 Å². The van der Waals surface area contributed by atoms with E-state index in [1.54, 1.807) is 0 Å². The van der Waals surface area contributed by atoms with Crippen LogP contribution in [0.15, 0.2) is 0 Å². The number of rotatable bonds is 8. The first-order valence-electron chi connectivity index (χ1n) is 6.76. The van der Waals surface area contributed by atoms with Crippen molar-refractivity contribution in [1.29, 1.82) is 0 Å². The van der Waals surface area contributed by atoms with E-state index in [1.165, 1.54) is 0 Å². The Morgan fingerprint density at radius 3 is 1.75 bits per heavy atom. The molecule has 0 heterocycles. The molecule has 0 spiro atoms. The van der Waals surface area contributed by atoms with Crippen LogP contribution < -0.4 is 0 Å². The summed E-state index contributed by atoms with van der Waals surface area (Å²) >= 11 is 0. The maximum Gasteiger partial charge on any atom is 0.153 e. The summed E-state index contributed by atoms with van der Waals surface area (Å²) < 4.78 is 0. The SMILES string of the molecule is CCN(CC)C(CC)(CC)C(=O)CC(C)C. The van der Waals surface area contributed by atoms with Crippen molar-refractivity contribution in [2.24, 2.45) is 5.92 Å². The first-order valence-corrected chi connectivity index (χ1v) is 6.76. The highest BCUT2D eigenvalue weighted by atomic mass is 16.1. The largest absolute Gasteiger partial charge is 0.298 e. The number of carbonyl (C=O) groups excluding carboxylic acids is 1. The van der Waals surface area contributed by atoms with Gasteiger partial charge in [-0.1, -0.05) is 41.5 Å². The summed E-state index contributed by atoms with van der Waals surface area (Å²) in [4.78, 5) is 14.8. The summed E-state index contributed by atoms with van der Waals surface area (Å²) in [7, 11) is 0. The lowest BCUT2D eigenvalue weighted by atomic mass is 9.82. The van der Waals surface area contributed by atoms with Crippen LogP contribution in [0.3, 0.4) is 0 Å². The summed E-state index contributed by atoms with van der Waals surface area (Å²) in [6, 6.07) is 0. The van der Waals surface area contributed by atoms with E-state index in [-0.39, 0.29) is 5.54 Å². The Kier molecular flexibility index (Phi) is 6.89. The van der Waals surface area contributed by atoms with Crippen LogP contribution >= 0.6 is 0 Å². The van der Waals surface area contributed by atoms with Crippen LogP contribution in [0.5, 0.6) is 0 Å². The quantitative estimate of drug-likeness (QED) is 0.632. The Morgan fingerprint density at radius 2 is 1.50 bits per heavy atom. The van der Waals surface area contributed by atoms with Crippen LogP contribution in [-0.2, 0) is 4.79 Å². The Bertz CT molecular complexity index is 203. The van der Waals surface area contributed by atoms with Crippen LogP contribution in [0.4, 0.5) is 0 Å². The lowest BCUT2D eigenvalue weighted by molar-refractivity contribution is -0.132. The van der Waals surface area contributed by atoms with Crippen molar-refractivity contribution >= 4 is 5.78 Å². The topological polar surface area (TPSA) is 20.3 Å². The predicted molar refractivity (Wildman–Crippen MR) is 70.7 cm³/mol. The molecule has 2 nitrogen and oxygen atoms in total. The predicted octanol–water partition coefficient (Wildman–Crippen LogP) is 3.50. The number of ketones is 1. The first kappa shape index (κ1) is 15.6. The molecule has 0 fully saturated rings. The molecule has 0 amide bonds. The number of Topliss-reactive ketones (excluding diaryl/α,β-unsaturated/α-hetero) is 1. The molecule has 0 saturated heterocycles. The Balaban J connectivity index is 4.99. The van der Waals surface area contributed by atoms with E-state index in [9.17, 15) is 4.79 Å². The van der Waals surface area contributed by atoms with Gasteiger partial charge in [-0.2, -0.15) is 0 Å². The van der Waals surface area contributed by atoms with E-state index in [0.29, 0.717) is 18.1 Å². The van der Waals surface area contributed by atoms with Crippen LogP contribution in [0, 0.1) is 5.92 Å². The van der Waals surface area contributed by atoms with Crippen LogP contribution in [-0.4, -0.2) is 29.3 Å². The van der Waals surface area contributed by atoms with Gasteiger partial charge in [-0.25, -0.2) is 0 Å². The van der Waals surface area contributed by atoms with E-state index in [0.717, 1.165) is 25.9 Å². The number of likely N-dealkylation sites (N-methyl/N-ethyl adjacent to an activating group) is 1. The maximum atomic E-state index is 12.5. The van der Waals surface area contributed by atoms with Gasteiger partial charge in [0, 0.05) is 6.42 Å². The van der Waals surface area contributed by atoms with E-state index in [2.05, 4.69) is 46.4 Å². The number of hydrogen-bond donors (Lipinski definition) is 0. The third kappa shape index (κ3) is 3.31. The van der Waals surface area contributed by atoms with E-state index < -0.39 is 0 Å². The van der Waals surface area contributed by atoms with Crippen molar-refractivity contribution in [3.8, 4) is 0 Å². The van der Waals surface area contributed by atoms with Crippen LogP contribution in [0.25, 0.3) is 0 Å². The zero-order valence-electron chi connectivity index (χ0n) is 12.0. The lowest BCUT2D eigenvalue weighted by Crippen LogP contribution is -2.54. The molecule has 16 heavy (non-hydrogen) atoms. The zero-order chi connectivity index (χ0) is 12.8. The third-order valence-electron chi connectivity index (χ3n) is 3.65. The summed E-state index contributed by atoms with van der Waals surface area (Å²) in [5, 5.41) is 0. The normalized spacial score (nSPS) is 12.5. The van der Waals surface area contributed by atoms with Gasteiger partial charge in [0.05, 0.1) is 5.54 Å². The second kappa shape index (κ2) is 7.05. The fraction of sp³-hybridized carbons (Fsp3) is 0.929. The summed E-state index contributed by atoms with van der Waals surface area (Å²) in [6.07, 6.45) is 2.56. The van der Waals surface area contributed by atoms with Gasteiger partial charge in [-0.3, -0.25) is 9.69 Å². The lowest BCUT2D eigenvalue weighted by Gasteiger charge is -2.41. The minimum Gasteiger partial charge on any atom is -0.298 e. The monoisotopic (exact) mass is 227 g/mol. The summed E-state index contributed by atoms with van der Waals surface area (Å²) in [5.41, 5.74) is -0.215. The van der Waals surface area contributed by atoms with Crippen molar-refractivity contribution in [3.05, 3.63) is 0 Å². The molecule has 0 saturated carbocycles. The van der Waals surface area contributed by atoms with Crippen molar-refractivity contribution in [2.75, 3.05) is 13.1 Å². The van der Waals surface area contributed by atoms with Gasteiger partial charge >= 0.3 is 0 Å². The number of carbonyl (C=O) groups is 1. The number of hydrogen-bond acceptors (Lipinski definition) is 2. The second-order valence-corrected chi connectivity index (χ2v) is 4.93. The summed E-state index contributed by atoms with van der Waals surface area (Å²) in [5.74, 6) is 0.886. The second-order valence-electron chi connectivity index (χ2n) is 4.93. The standard InChI is InChI=1S/C14H29NO/c1-7-14(8-2,15(9-3)10-4)13(16)11-12(5)6/h12H,7-11H2,1-6H3. The van der Waals surface area contributed by atoms with E-state index in [4.69, 9.17) is 0 Å². The van der Waals surface area contributed by atoms with Crippen molar-refractivity contribution in [2.45, 2.75) is 66.3 Å². The molecule has 0 rings (SSSR count). The zero-order valence-corrected chi connectivity index (χ0v) is 12.0. The molecule has 0 bridgehead atoms. The van der Waals surface area contributed by atoms with Gasteiger partial charge in [0.15, 0.2) is 5.78 Å².